The predicted octanol–water partition coefficient (Wildman–Crippen LogP) is 3.91. The summed E-state index contributed by atoms with van der Waals surface area (Å²) in [6.07, 6.45) is 13.5. The van der Waals surface area contributed by atoms with Crippen LogP contribution in [0.1, 0.15) is 64.7 Å². The molecule has 0 aromatic carbocycles. The maximum absolute atomic E-state index is 6.20. The van der Waals surface area contributed by atoms with Crippen LogP contribution in [-0.2, 0) is 4.74 Å². The molecule has 0 radical (unpaired) electrons. The van der Waals surface area contributed by atoms with Gasteiger partial charge in [0.2, 0.25) is 0 Å². The van der Waals surface area contributed by atoms with Crippen LogP contribution in [0.5, 0.6) is 0 Å². The predicted molar refractivity (Wildman–Crippen MR) is 59.4 cm³/mol. The summed E-state index contributed by atoms with van der Waals surface area (Å²) >= 11 is 0. The normalized spacial score (nSPS) is 35.8. The molecule has 82 valence electrons. The van der Waals surface area contributed by atoms with Crippen LogP contribution in [0.4, 0.5) is 0 Å². The second kappa shape index (κ2) is 5.16. The first-order valence-corrected chi connectivity index (χ1v) is 6.50. The molecule has 0 amide bonds. The third-order valence-electron chi connectivity index (χ3n) is 3.83. The number of hydrogen-bond acceptors (Lipinski definition) is 1. The molecule has 0 N–H and O–H groups in total. The highest BCUT2D eigenvalue weighted by Gasteiger charge is 2.23. The van der Waals surface area contributed by atoms with Crippen LogP contribution in [0.25, 0.3) is 0 Å². The fraction of sp³-hybridized carbons (Fsp3) is 1.00. The van der Waals surface area contributed by atoms with E-state index in [0.717, 1.165) is 5.92 Å². The van der Waals surface area contributed by atoms with Crippen LogP contribution in [-0.4, -0.2) is 12.2 Å². The van der Waals surface area contributed by atoms with Crippen molar-refractivity contribution in [2.24, 2.45) is 5.92 Å². The number of ether oxygens (including phenoxy) is 1. The lowest BCUT2D eigenvalue weighted by Gasteiger charge is -2.32. The first-order chi connectivity index (χ1) is 6.84. The van der Waals surface area contributed by atoms with Gasteiger partial charge in [0.1, 0.15) is 0 Å². The summed E-state index contributed by atoms with van der Waals surface area (Å²) in [7, 11) is 0. The van der Waals surface area contributed by atoms with Crippen molar-refractivity contribution < 1.29 is 4.74 Å². The summed E-state index contributed by atoms with van der Waals surface area (Å²) in [6.45, 7) is 2.37. The lowest BCUT2D eigenvalue weighted by Crippen LogP contribution is -2.28. The zero-order valence-electron chi connectivity index (χ0n) is 9.50. The van der Waals surface area contributed by atoms with Crippen LogP contribution < -0.4 is 0 Å². The van der Waals surface area contributed by atoms with Crippen molar-refractivity contribution in [3.8, 4) is 0 Å². The number of hydrogen-bond donors (Lipinski definition) is 0. The maximum Gasteiger partial charge on any atom is 0.0581 e. The van der Waals surface area contributed by atoms with E-state index in [2.05, 4.69) is 6.92 Å². The minimum Gasteiger partial charge on any atom is -0.375 e. The molecule has 1 heteroatoms. The molecule has 2 saturated carbocycles. The average molecular weight is 196 g/mol. The molecule has 2 aliphatic carbocycles. The highest BCUT2D eigenvalue weighted by Crippen LogP contribution is 2.29. The summed E-state index contributed by atoms with van der Waals surface area (Å²) in [5, 5.41) is 0. The van der Waals surface area contributed by atoms with Gasteiger partial charge >= 0.3 is 0 Å². The first kappa shape index (κ1) is 10.5. The lowest BCUT2D eigenvalue weighted by molar-refractivity contribution is -0.0528. The summed E-state index contributed by atoms with van der Waals surface area (Å²) in [6, 6.07) is 0. The SMILES string of the molecule is CC1CCCC(OC2CCCCC2)C1. The lowest BCUT2D eigenvalue weighted by atomic mass is 9.88. The van der Waals surface area contributed by atoms with Gasteiger partial charge in [-0.15, -0.1) is 0 Å². The summed E-state index contributed by atoms with van der Waals surface area (Å²) in [5.41, 5.74) is 0. The summed E-state index contributed by atoms with van der Waals surface area (Å²) < 4.78 is 6.20. The van der Waals surface area contributed by atoms with E-state index in [4.69, 9.17) is 4.74 Å². The van der Waals surface area contributed by atoms with E-state index in [1.165, 1.54) is 57.8 Å². The van der Waals surface area contributed by atoms with E-state index in [1.807, 2.05) is 0 Å². The molecule has 0 bridgehead atoms. The fourth-order valence-corrected chi connectivity index (χ4v) is 2.98. The zero-order valence-corrected chi connectivity index (χ0v) is 9.50. The molecular weight excluding hydrogens is 172 g/mol. The van der Waals surface area contributed by atoms with Gasteiger partial charge in [0.15, 0.2) is 0 Å². The quantitative estimate of drug-likeness (QED) is 0.650. The van der Waals surface area contributed by atoms with Gasteiger partial charge in [0, 0.05) is 0 Å². The topological polar surface area (TPSA) is 9.23 Å². The van der Waals surface area contributed by atoms with E-state index < -0.39 is 0 Å². The van der Waals surface area contributed by atoms with Gasteiger partial charge in [-0.1, -0.05) is 39.0 Å². The Labute approximate surface area is 88.2 Å². The second-order valence-electron chi connectivity index (χ2n) is 5.29. The van der Waals surface area contributed by atoms with E-state index in [-0.39, 0.29) is 0 Å². The molecule has 2 atom stereocenters. The molecule has 0 saturated heterocycles. The molecule has 0 spiro atoms. The monoisotopic (exact) mass is 196 g/mol. The molecule has 0 aliphatic heterocycles. The van der Waals surface area contributed by atoms with Crippen LogP contribution >= 0.6 is 0 Å². The molecule has 2 unspecified atom stereocenters. The molecule has 14 heavy (non-hydrogen) atoms. The van der Waals surface area contributed by atoms with E-state index >= 15 is 0 Å². The van der Waals surface area contributed by atoms with E-state index in [0.29, 0.717) is 12.2 Å². The molecular formula is C13H24O. The molecule has 2 rings (SSSR count). The highest BCUT2D eigenvalue weighted by atomic mass is 16.5. The van der Waals surface area contributed by atoms with Crippen molar-refractivity contribution in [2.75, 3.05) is 0 Å². The Hall–Kier alpha value is -0.0400. The largest absolute Gasteiger partial charge is 0.375 e. The van der Waals surface area contributed by atoms with Crippen molar-refractivity contribution >= 4 is 0 Å². The van der Waals surface area contributed by atoms with Crippen molar-refractivity contribution in [3.63, 3.8) is 0 Å². The van der Waals surface area contributed by atoms with Crippen molar-refractivity contribution in [1.82, 2.24) is 0 Å². The maximum atomic E-state index is 6.20. The van der Waals surface area contributed by atoms with Crippen LogP contribution in [0.3, 0.4) is 0 Å². The molecule has 2 aliphatic rings. The standard InChI is InChI=1S/C13H24O/c1-11-6-5-9-13(10-11)14-12-7-3-2-4-8-12/h11-13H,2-10H2,1H3. The third kappa shape index (κ3) is 2.98. The molecule has 0 aromatic heterocycles. The average Bonchev–Trinajstić information content (AvgIpc) is 2.19. The van der Waals surface area contributed by atoms with Crippen molar-refractivity contribution in [2.45, 2.75) is 76.9 Å². The molecule has 1 nitrogen and oxygen atoms in total. The van der Waals surface area contributed by atoms with Crippen LogP contribution in [0.2, 0.25) is 0 Å². The van der Waals surface area contributed by atoms with Crippen LogP contribution in [0.15, 0.2) is 0 Å². The molecule has 0 heterocycles. The third-order valence-corrected chi connectivity index (χ3v) is 3.83. The highest BCUT2D eigenvalue weighted by molar-refractivity contribution is 4.74. The number of rotatable bonds is 2. The first-order valence-electron chi connectivity index (χ1n) is 6.50. The fourth-order valence-electron chi connectivity index (χ4n) is 2.98. The van der Waals surface area contributed by atoms with E-state index in [1.54, 1.807) is 0 Å². The van der Waals surface area contributed by atoms with E-state index in [9.17, 15) is 0 Å². The smallest absolute Gasteiger partial charge is 0.0581 e. The van der Waals surface area contributed by atoms with Crippen molar-refractivity contribution in [3.05, 3.63) is 0 Å². The Morgan fingerprint density at radius 1 is 0.786 bits per heavy atom. The minimum absolute atomic E-state index is 0.599. The van der Waals surface area contributed by atoms with Gasteiger partial charge in [-0.25, -0.2) is 0 Å². The van der Waals surface area contributed by atoms with Gasteiger partial charge in [-0.05, 0) is 31.6 Å². The van der Waals surface area contributed by atoms with Crippen LogP contribution in [0, 0.1) is 5.92 Å². The molecule has 2 fully saturated rings. The van der Waals surface area contributed by atoms with Gasteiger partial charge in [0.25, 0.3) is 0 Å². The summed E-state index contributed by atoms with van der Waals surface area (Å²) in [4.78, 5) is 0. The Morgan fingerprint density at radius 3 is 2.21 bits per heavy atom. The molecule has 0 aromatic rings. The Kier molecular flexibility index (Phi) is 3.86. The van der Waals surface area contributed by atoms with Gasteiger partial charge in [-0.3, -0.25) is 0 Å². The van der Waals surface area contributed by atoms with Gasteiger partial charge in [0.05, 0.1) is 12.2 Å². The Balaban J connectivity index is 1.72. The minimum atomic E-state index is 0.599. The summed E-state index contributed by atoms with van der Waals surface area (Å²) in [5.74, 6) is 0.900. The Morgan fingerprint density at radius 2 is 1.50 bits per heavy atom. The van der Waals surface area contributed by atoms with Gasteiger partial charge < -0.3 is 4.74 Å². The zero-order chi connectivity index (χ0) is 9.80. The Bertz CT molecular complexity index is 161. The second-order valence-corrected chi connectivity index (χ2v) is 5.29. The van der Waals surface area contributed by atoms with Crippen molar-refractivity contribution in [1.29, 1.82) is 0 Å². The van der Waals surface area contributed by atoms with Gasteiger partial charge in [-0.2, -0.15) is 0 Å².